The topological polar surface area (TPSA) is 633 Å². The first-order chi connectivity index (χ1) is 41.9. The number of aliphatic hydroxyl groups is 24. The maximum Gasteiger partial charge on any atom is 0.187 e. The van der Waals surface area contributed by atoms with Crippen molar-refractivity contribution in [3.8, 4) is 0 Å². The normalized spacial score (nSPS) is 55.4. The third-order valence-corrected chi connectivity index (χ3v) is 16.9. The standard InChI is InChI=1S/C48H80O40/c49-1-9-33-17(57)25(65)41(73-9)82-34-10(2-50)75-43(27(67)19(34)59)84-36-12(4-52)77-45(29(69)21(36)61)86-38-14(6-54)79-47(31(71)23(38)63)88-40-16(8-56)80-48(32(72)24(40)64)87-39-15(7-55)78-46(30(70)22(39)62)85-37-13(5-53)76-44(28(68)20(37)60)83-35-11(3-51)74-42(81-33)26(66)18(35)58/h9-72H,1-8H2/t9-,10-,11-,12-,13-,14-,15-,16+,17+,18+,19-,20+,21-,22-,23+,24+,25-,26+,27-,28+,29+,30-,31+,32+,33-,34-,35-,36-,37-,38-,39-,40-,41-,42-,43-,44-,45-,46-,47-,48-/m1/s1. The molecule has 512 valence electrons. The van der Waals surface area contributed by atoms with Crippen LogP contribution in [0.4, 0.5) is 0 Å². The summed E-state index contributed by atoms with van der Waals surface area (Å²) in [4.78, 5) is 0. The van der Waals surface area contributed by atoms with Gasteiger partial charge in [0, 0.05) is 0 Å². The lowest BCUT2D eigenvalue weighted by atomic mass is 9.94. The zero-order chi connectivity index (χ0) is 64.1. The second-order valence-electron chi connectivity index (χ2n) is 22.5. The van der Waals surface area contributed by atoms with Gasteiger partial charge in [-0.25, -0.2) is 0 Å². The van der Waals surface area contributed by atoms with Gasteiger partial charge in [-0.05, 0) is 0 Å². The van der Waals surface area contributed by atoms with Crippen molar-refractivity contribution in [2.75, 3.05) is 52.9 Å². The lowest BCUT2D eigenvalue weighted by molar-refractivity contribution is -0.404. The molecule has 0 unspecified atom stereocenters. The highest BCUT2D eigenvalue weighted by molar-refractivity contribution is 5.02. The first kappa shape index (κ1) is 70.7. The number of hydrogen-bond acceptors (Lipinski definition) is 40. The molecule has 0 aromatic rings. The molecule has 88 heavy (non-hydrogen) atoms. The van der Waals surface area contributed by atoms with Crippen molar-refractivity contribution >= 4 is 0 Å². The SMILES string of the molecule is OC[C@@H]1O[C@@H]2O[C@H]3[C@H](O)[C@@H](O)[C@@H](O[C@H]4[C@@H](O)[C@H](O)[C@@H](O[C@H]5[C@@H](O)[C@H](O)[C@@H](O[C@H]6[C@@H](O)[C@@H](O)[C@@H](O[C@H]7[C@H](O)[C@@H](O)[C@@H](O[C@H]8[C@H](O)[C@H](O)[C@@H](O[C@H]9[C@@H](O)[C@H](O)[C@@H](O[C@H]1[C@@H](O)[C@@H]2O)O[C@@H]9CO)O[C@@H]8CO)O[C@@H]7CO)O[C@@H]6CO)O[C@@H]5CO)O[C@@H]4CO)O[C@@H]3CO. The summed E-state index contributed by atoms with van der Waals surface area (Å²) >= 11 is 0. The molecule has 0 aromatic carbocycles. The molecule has 0 aromatic heterocycles. The van der Waals surface area contributed by atoms with Crippen LogP contribution in [0.1, 0.15) is 0 Å². The summed E-state index contributed by atoms with van der Waals surface area (Å²) in [5.74, 6) is 0. The molecule has 0 aliphatic carbocycles. The third-order valence-electron chi connectivity index (χ3n) is 16.9. The van der Waals surface area contributed by atoms with Crippen molar-refractivity contribution in [1.82, 2.24) is 0 Å². The second-order valence-corrected chi connectivity index (χ2v) is 22.5. The van der Waals surface area contributed by atoms with Crippen LogP contribution in [0.5, 0.6) is 0 Å². The van der Waals surface area contributed by atoms with Gasteiger partial charge < -0.3 is 198 Å². The van der Waals surface area contributed by atoms with Crippen molar-refractivity contribution in [2.24, 2.45) is 0 Å². The summed E-state index contributed by atoms with van der Waals surface area (Å²) in [6.07, 6.45) is -82.0. The van der Waals surface area contributed by atoms with Crippen LogP contribution in [0, 0.1) is 0 Å². The van der Waals surface area contributed by atoms with Crippen LogP contribution in [0.2, 0.25) is 0 Å². The van der Waals surface area contributed by atoms with Crippen LogP contribution < -0.4 is 0 Å². The molecule has 30 aliphatic heterocycles. The fourth-order valence-electron chi connectivity index (χ4n) is 11.9. The molecule has 30 aliphatic rings. The van der Waals surface area contributed by atoms with E-state index in [0.29, 0.717) is 0 Å². The molecule has 16 bridgehead atoms. The Kier molecular flexibility index (Phi) is 24.1. The van der Waals surface area contributed by atoms with Gasteiger partial charge in [-0.2, -0.15) is 0 Å². The van der Waals surface area contributed by atoms with E-state index in [9.17, 15) is 123 Å². The van der Waals surface area contributed by atoms with E-state index in [4.69, 9.17) is 75.8 Å². The summed E-state index contributed by atoms with van der Waals surface area (Å²) in [7, 11) is 0. The van der Waals surface area contributed by atoms with Gasteiger partial charge in [-0.3, -0.25) is 0 Å². The Labute approximate surface area is 496 Å². The van der Waals surface area contributed by atoms with Crippen molar-refractivity contribution in [1.29, 1.82) is 0 Å². The van der Waals surface area contributed by atoms with Crippen LogP contribution in [-0.2, 0) is 75.8 Å². The van der Waals surface area contributed by atoms with Gasteiger partial charge in [-0.1, -0.05) is 0 Å². The highest BCUT2D eigenvalue weighted by Crippen LogP contribution is 2.40. The predicted molar refractivity (Wildman–Crippen MR) is 261 cm³/mol. The molecule has 30 rings (SSSR count). The van der Waals surface area contributed by atoms with Gasteiger partial charge in [0.25, 0.3) is 0 Å². The molecule has 30 heterocycles. The molecule has 0 saturated carbocycles. The Morgan fingerprint density at radius 1 is 0.136 bits per heavy atom. The van der Waals surface area contributed by atoms with Crippen molar-refractivity contribution in [3.05, 3.63) is 0 Å². The minimum Gasteiger partial charge on any atom is -0.394 e. The van der Waals surface area contributed by atoms with Gasteiger partial charge in [0.2, 0.25) is 0 Å². The quantitative estimate of drug-likeness (QED) is 0.107. The van der Waals surface area contributed by atoms with Crippen LogP contribution in [0.15, 0.2) is 0 Å². The maximum atomic E-state index is 11.4. The van der Waals surface area contributed by atoms with E-state index in [-0.39, 0.29) is 0 Å². The molecule has 0 amide bonds. The zero-order valence-corrected chi connectivity index (χ0v) is 46.0. The van der Waals surface area contributed by atoms with Crippen LogP contribution >= 0.6 is 0 Å². The van der Waals surface area contributed by atoms with Gasteiger partial charge in [-0.15, -0.1) is 0 Å². The van der Waals surface area contributed by atoms with E-state index in [1.165, 1.54) is 0 Å². The molecule has 30 fully saturated rings. The molecule has 0 spiro atoms. The van der Waals surface area contributed by atoms with Crippen molar-refractivity contribution < 1.29 is 198 Å². The lowest BCUT2D eigenvalue weighted by Crippen LogP contribution is -2.69. The molecular weight excluding hydrogens is 1220 g/mol. The minimum absolute atomic E-state index is 1.08. The van der Waals surface area contributed by atoms with Crippen LogP contribution in [0.25, 0.3) is 0 Å². The number of hydrogen-bond donors (Lipinski definition) is 24. The predicted octanol–water partition coefficient (Wildman–Crippen LogP) is -17.4. The Balaban J connectivity index is 0.975. The first-order valence-corrected chi connectivity index (χ1v) is 28.1. The maximum absolute atomic E-state index is 11.4. The number of aliphatic hydroxyl groups excluding tert-OH is 24. The van der Waals surface area contributed by atoms with Gasteiger partial charge in [0.15, 0.2) is 50.3 Å². The third kappa shape index (κ3) is 13.8. The number of rotatable bonds is 8. The minimum atomic E-state index is -2.25. The van der Waals surface area contributed by atoms with Gasteiger partial charge in [0.1, 0.15) is 195 Å². The van der Waals surface area contributed by atoms with E-state index >= 15 is 0 Å². The Bertz CT molecular complexity index is 1700. The summed E-state index contributed by atoms with van der Waals surface area (Å²) in [6, 6.07) is 0. The molecule has 40 heteroatoms. The Morgan fingerprint density at radius 3 is 0.307 bits per heavy atom. The fraction of sp³-hybridized carbons (Fsp3) is 1.00. The first-order valence-electron chi connectivity index (χ1n) is 28.1. The largest absolute Gasteiger partial charge is 0.394 e. The molecular formula is C48H80O40. The van der Waals surface area contributed by atoms with E-state index in [2.05, 4.69) is 0 Å². The average Bonchev–Trinajstić information content (AvgIpc) is 1.09. The Morgan fingerprint density at radius 2 is 0.227 bits per heavy atom. The number of ether oxygens (including phenoxy) is 16. The molecule has 40 atom stereocenters. The summed E-state index contributed by atoms with van der Waals surface area (Å²) < 4.78 is 91.1. The molecule has 30 saturated heterocycles. The smallest absolute Gasteiger partial charge is 0.187 e. The van der Waals surface area contributed by atoms with Gasteiger partial charge >= 0.3 is 0 Å². The van der Waals surface area contributed by atoms with Gasteiger partial charge in [0.05, 0.1) is 52.9 Å². The molecule has 24 N–H and O–H groups in total. The van der Waals surface area contributed by atoms with E-state index in [1.54, 1.807) is 0 Å². The van der Waals surface area contributed by atoms with E-state index < -0.39 is 299 Å². The summed E-state index contributed by atoms with van der Waals surface area (Å²) in [5, 5.41) is 265. The Hall–Kier alpha value is -1.60. The highest BCUT2D eigenvalue weighted by atomic mass is 16.8. The second kappa shape index (κ2) is 30.0. The van der Waals surface area contributed by atoms with E-state index in [1.807, 2.05) is 0 Å². The van der Waals surface area contributed by atoms with Crippen LogP contribution in [-0.4, -0.2) is 421 Å². The van der Waals surface area contributed by atoms with Crippen molar-refractivity contribution in [2.45, 2.75) is 246 Å². The zero-order valence-electron chi connectivity index (χ0n) is 46.0. The molecule has 40 nitrogen and oxygen atoms in total. The highest BCUT2D eigenvalue weighted by Gasteiger charge is 2.60. The van der Waals surface area contributed by atoms with Crippen LogP contribution in [0.3, 0.4) is 0 Å². The average molecular weight is 1300 g/mol. The summed E-state index contributed by atoms with van der Waals surface area (Å²) in [6.45, 7) is -8.64. The van der Waals surface area contributed by atoms with E-state index in [0.717, 1.165) is 0 Å². The molecule has 0 radical (unpaired) electrons. The lowest BCUT2D eigenvalue weighted by Gasteiger charge is -2.50. The monoisotopic (exact) mass is 1300 g/mol. The van der Waals surface area contributed by atoms with Crippen molar-refractivity contribution in [3.63, 3.8) is 0 Å². The summed E-state index contributed by atoms with van der Waals surface area (Å²) in [5.41, 5.74) is 0. The fourth-order valence-corrected chi connectivity index (χ4v) is 11.9.